The van der Waals surface area contributed by atoms with E-state index in [1.54, 1.807) is 43.3 Å². The molecule has 5 aliphatic rings. The lowest BCUT2D eigenvalue weighted by Crippen LogP contribution is -2.51. The highest BCUT2D eigenvalue weighted by atomic mass is 16.6. The van der Waals surface area contributed by atoms with Crippen LogP contribution in [0, 0.1) is 53.3 Å². The minimum Gasteiger partial charge on any atom is -0.490 e. The lowest BCUT2D eigenvalue weighted by Gasteiger charge is -2.58. The number of hydrogen-bond donors (Lipinski definition) is 0. The molecule has 8 nitrogen and oxygen atoms in total. The van der Waals surface area contributed by atoms with E-state index in [2.05, 4.69) is 40.7 Å². The molecule has 1 aliphatic heterocycles. The number of carbonyl (C=O) groups is 1. The predicted molar refractivity (Wildman–Crippen MR) is 218 cm³/mol. The summed E-state index contributed by atoms with van der Waals surface area (Å²) in [5.74, 6) is 6.98. The first kappa shape index (κ1) is 38.9. The van der Waals surface area contributed by atoms with Crippen LogP contribution in [0.2, 0.25) is 0 Å². The molecule has 8 heteroatoms. The van der Waals surface area contributed by atoms with Crippen molar-refractivity contribution in [3.05, 3.63) is 64.0 Å². The highest BCUT2D eigenvalue weighted by Crippen LogP contribution is 2.67. The molecule has 1 aromatic heterocycles. The van der Waals surface area contributed by atoms with Gasteiger partial charge < -0.3 is 28.1 Å². The van der Waals surface area contributed by atoms with Crippen LogP contribution in [0.25, 0.3) is 11.0 Å². The first-order valence-electron chi connectivity index (χ1n) is 21.6. The van der Waals surface area contributed by atoms with Crippen LogP contribution in [0.5, 0.6) is 28.7 Å². The number of rotatable bonds is 11. The van der Waals surface area contributed by atoms with E-state index in [9.17, 15) is 9.59 Å². The standard InChI is InChI=1S/C48H62O8/c1-29(2)9-7-10-30(3)38-16-17-39-36-14-11-32-25-35(19-21-47(32,5)40(36)20-22-48(38,39)6)55-44(49)28-53-33-12-15-37-42(26-33)54-31(4)46(45(37)50)56-34-13-18-41-43(27-34)52-24-8-23-51-41/h11-13,15,18,26-27,29-30,35-36,38-40H,7-10,14,16-17,19-25,28H2,1-6H3/t30-,35+,36+,38-,39+,40+,47+,48-/m1/s1. The summed E-state index contributed by atoms with van der Waals surface area (Å²) in [6.07, 6.45) is 16.8. The third-order valence-electron chi connectivity index (χ3n) is 14.8. The van der Waals surface area contributed by atoms with Crippen molar-refractivity contribution in [2.75, 3.05) is 19.8 Å². The van der Waals surface area contributed by atoms with Crippen molar-refractivity contribution in [1.82, 2.24) is 0 Å². The molecule has 0 unspecified atom stereocenters. The number of esters is 1. The number of carbonyl (C=O) groups excluding carboxylic acids is 1. The van der Waals surface area contributed by atoms with Crippen molar-refractivity contribution >= 4 is 16.9 Å². The summed E-state index contributed by atoms with van der Waals surface area (Å²) in [7, 11) is 0. The van der Waals surface area contributed by atoms with Gasteiger partial charge >= 0.3 is 5.97 Å². The lowest BCUT2D eigenvalue weighted by molar-refractivity contribution is -0.153. The van der Waals surface area contributed by atoms with Crippen LogP contribution in [0.1, 0.15) is 117 Å². The van der Waals surface area contributed by atoms with E-state index in [0.717, 1.165) is 61.2 Å². The van der Waals surface area contributed by atoms with Gasteiger partial charge in [-0.25, -0.2) is 4.79 Å². The summed E-state index contributed by atoms with van der Waals surface area (Å²) in [5.41, 5.74) is 2.24. The SMILES string of the molecule is Cc1oc2cc(OCC(=O)O[C@H]3CC[C@@]4(C)C(=CC[C@H]5[C@@H]6CC[C@H]([C@H](C)CCCC(C)C)[C@@]6(C)CC[C@@H]54)C3)ccc2c(=O)c1Oc1ccc2c(c1)OCCCO2. The largest absolute Gasteiger partial charge is 0.490 e. The van der Waals surface area contributed by atoms with Gasteiger partial charge in [-0.2, -0.15) is 0 Å². The van der Waals surface area contributed by atoms with Gasteiger partial charge in [-0.1, -0.05) is 65.5 Å². The fourth-order valence-corrected chi connectivity index (χ4v) is 11.9. The molecule has 2 heterocycles. The Bertz CT molecular complexity index is 2010. The number of ether oxygens (including phenoxy) is 5. The van der Waals surface area contributed by atoms with Gasteiger partial charge in [0.1, 0.15) is 28.9 Å². The maximum absolute atomic E-state index is 13.5. The topological polar surface area (TPSA) is 93.4 Å². The molecule has 0 spiro atoms. The molecule has 8 rings (SSSR count). The summed E-state index contributed by atoms with van der Waals surface area (Å²) in [6.45, 7) is 15.1. The average molecular weight is 767 g/mol. The molecule has 0 bridgehead atoms. The molecule has 0 saturated heterocycles. The Labute approximate surface area is 332 Å². The van der Waals surface area contributed by atoms with Gasteiger partial charge in [-0.15, -0.1) is 0 Å². The third-order valence-corrected chi connectivity index (χ3v) is 14.8. The number of hydrogen-bond acceptors (Lipinski definition) is 8. The molecule has 4 aliphatic carbocycles. The number of aryl methyl sites for hydroxylation is 1. The second-order valence-electron chi connectivity index (χ2n) is 18.7. The Kier molecular flexibility index (Phi) is 11.0. The van der Waals surface area contributed by atoms with Gasteiger partial charge in [0.2, 0.25) is 11.2 Å². The van der Waals surface area contributed by atoms with Gasteiger partial charge in [-0.05, 0) is 122 Å². The maximum atomic E-state index is 13.5. The van der Waals surface area contributed by atoms with Crippen LogP contribution >= 0.6 is 0 Å². The third kappa shape index (κ3) is 7.46. The Morgan fingerprint density at radius 3 is 2.54 bits per heavy atom. The van der Waals surface area contributed by atoms with E-state index in [1.807, 2.05) is 0 Å². The van der Waals surface area contributed by atoms with Crippen molar-refractivity contribution in [2.45, 2.75) is 125 Å². The maximum Gasteiger partial charge on any atom is 0.344 e. The number of fused-ring (bicyclic) bond motifs is 7. The first-order chi connectivity index (χ1) is 26.9. The van der Waals surface area contributed by atoms with Gasteiger partial charge in [0.15, 0.2) is 18.1 Å². The molecular formula is C48H62O8. The van der Waals surface area contributed by atoms with Crippen LogP contribution in [0.3, 0.4) is 0 Å². The molecule has 0 amide bonds. The van der Waals surface area contributed by atoms with Crippen molar-refractivity contribution < 1.29 is 32.9 Å². The molecule has 8 atom stereocenters. The Morgan fingerprint density at radius 1 is 0.911 bits per heavy atom. The van der Waals surface area contributed by atoms with Crippen LogP contribution in [-0.2, 0) is 9.53 Å². The summed E-state index contributed by atoms with van der Waals surface area (Å²) in [4.78, 5) is 26.6. The molecule has 3 aromatic rings. The summed E-state index contributed by atoms with van der Waals surface area (Å²) in [5, 5.41) is 0.352. The molecule has 302 valence electrons. The second kappa shape index (κ2) is 15.8. The molecular weight excluding hydrogens is 705 g/mol. The van der Waals surface area contributed by atoms with E-state index in [0.29, 0.717) is 58.4 Å². The quantitative estimate of drug-likeness (QED) is 0.141. The second-order valence-corrected chi connectivity index (χ2v) is 18.7. The lowest BCUT2D eigenvalue weighted by atomic mass is 9.47. The Hall–Kier alpha value is -3.94. The number of benzene rings is 2. The van der Waals surface area contributed by atoms with Gasteiger partial charge in [0.25, 0.3) is 0 Å². The van der Waals surface area contributed by atoms with E-state index in [4.69, 9.17) is 28.1 Å². The zero-order chi connectivity index (χ0) is 39.2. The van der Waals surface area contributed by atoms with Gasteiger partial charge in [-0.3, -0.25) is 4.79 Å². The smallest absolute Gasteiger partial charge is 0.344 e. The Morgan fingerprint density at radius 2 is 1.71 bits per heavy atom. The highest BCUT2D eigenvalue weighted by Gasteiger charge is 2.59. The molecule has 0 radical (unpaired) electrons. The van der Waals surface area contributed by atoms with Crippen molar-refractivity contribution in [3.63, 3.8) is 0 Å². The normalized spacial score (nSPS) is 30.1. The van der Waals surface area contributed by atoms with E-state index in [1.165, 1.54) is 56.9 Å². The molecule has 56 heavy (non-hydrogen) atoms. The molecule has 2 aromatic carbocycles. The van der Waals surface area contributed by atoms with Crippen molar-refractivity contribution in [2.24, 2.45) is 46.3 Å². The van der Waals surface area contributed by atoms with E-state index < -0.39 is 0 Å². The monoisotopic (exact) mass is 766 g/mol. The zero-order valence-electron chi connectivity index (χ0n) is 34.5. The van der Waals surface area contributed by atoms with Gasteiger partial charge in [0, 0.05) is 25.0 Å². The van der Waals surface area contributed by atoms with Crippen LogP contribution < -0.4 is 24.4 Å². The summed E-state index contributed by atoms with van der Waals surface area (Å²) >= 11 is 0. The molecule has 3 saturated carbocycles. The van der Waals surface area contributed by atoms with E-state index in [-0.39, 0.29) is 35.3 Å². The average Bonchev–Trinajstić information content (AvgIpc) is 3.36. The fraction of sp³-hybridized carbons (Fsp3) is 0.625. The minimum atomic E-state index is -0.377. The van der Waals surface area contributed by atoms with Crippen molar-refractivity contribution in [1.29, 1.82) is 0 Å². The van der Waals surface area contributed by atoms with Crippen LogP contribution in [0.4, 0.5) is 0 Å². The summed E-state index contributed by atoms with van der Waals surface area (Å²) < 4.78 is 35.4. The number of allylic oxidation sites excluding steroid dienone is 1. The van der Waals surface area contributed by atoms with Gasteiger partial charge in [0.05, 0.1) is 18.6 Å². The fourth-order valence-electron chi connectivity index (χ4n) is 11.9. The Balaban J connectivity index is 0.862. The summed E-state index contributed by atoms with van der Waals surface area (Å²) in [6, 6.07) is 10.2. The van der Waals surface area contributed by atoms with E-state index >= 15 is 0 Å². The molecule has 3 fully saturated rings. The minimum absolute atomic E-state index is 0.100. The van der Waals surface area contributed by atoms with Crippen LogP contribution in [-0.4, -0.2) is 31.9 Å². The van der Waals surface area contributed by atoms with Crippen molar-refractivity contribution in [3.8, 4) is 28.7 Å². The van der Waals surface area contributed by atoms with Crippen LogP contribution in [0.15, 0.2) is 57.3 Å². The first-order valence-corrected chi connectivity index (χ1v) is 21.6. The predicted octanol–water partition coefficient (Wildman–Crippen LogP) is 11.4. The zero-order valence-corrected chi connectivity index (χ0v) is 34.5. The molecule has 0 N–H and O–H groups in total. The highest BCUT2D eigenvalue weighted by molar-refractivity contribution is 5.80.